The van der Waals surface area contributed by atoms with E-state index in [0.717, 1.165) is 6.54 Å². The summed E-state index contributed by atoms with van der Waals surface area (Å²) in [6, 6.07) is 3.13. The Labute approximate surface area is 138 Å². The fourth-order valence-electron chi connectivity index (χ4n) is 2.02. The highest BCUT2D eigenvalue weighted by atomic mass is 79.9. The standard InChI is InChI=1S/C13H14Br2N2O4/c14-7-3-9(13(19)20)12(10(15)4-7)17-11(18)5-8-6-16-1-2-21-8/h3-4,8,16H,1-2,5-6H2,(H,17,18)(H,19,20). The molecular formula is C13H14Br2N2O4. The number of hydrogen-bond acceptors (Lipinski definition) is 4. The van der Waals surface area contributed by atoms with Crippen LogP contribution in [0.25, 0.3) is 0 Å². The number of carboxylic acids is 1. The molecular weight excluding hydrogens is 408 g/mol. The van der Waals surface area contributed by atoms with Crippen molar-refractivity contribution < 1.29 is 19.4 Å². The first-order chi connectivity index (χ1) is 9.97. The Kier molecular flexibility index (Phi) is 5.74. The third kappa shape index (κ3) is 4.50. The quantitative estimate of drug-likeness (QED) is 0.693. The van der Waals surface area contributed by atoms with E-state index in [1.54, 1.807) is 6.07 Å². The maximum atomic E-state index is 12.0. The molecule has 1 unspecified atom stereocenters. The summed E-state index contributed by atoms with van der Waals surface area (Å²) in [6.45, 7) is 1.96. The maximum absolute atomic E-state index is 12.0. The van der Waals surface area contributed by atoms with Gasteiger partial charge in [0, 0.05) is 22.0 Å². The molecule has 1 aromatic rings. The number of aromatic carboxylic acids is 1. The highest BCUT2D eigenvalue weighted by molar-refractivity contribution is 9.11. The van der Waals surface area contributed by atoms with Crippen LogP contribution in [0.5, 0.6) is 0 Å². The normalized spacial score (nSPS) is 18.3. The fourth-order valence-corrected chi connectivity index (χ4v) is 3.34. The molecule has 6 nitrogen and oxygen atoms in total. The second-order valence-electron chi connectivity index (χ2n) is 4.56. The fraction of sp³-hybridized carbons (Fsp3) is 0.385. The SMILES string of the molecule is O=C(CC1CNCCO1)Nc1c(Br)cc(Br)cc1C(=O)O. The van der Waals surface area contributed by atoms with Gasteiger partial charge in [0.1, 0.15) is 0 Å². The zero-order chi connectivity index (χ0) is 15.4. The summed E-state index contributed by atoms with van der Waals surface area (Å²) < 4.78 is 6.57. The van der Waals surface area contributed by atoms with Gasteiger partial charge in [-0.2, -0.15) is 0 Å². The Morgan fingerprint density at radius 2 is 2.19 bits per heavy atom. The van der Waals surface area contributed by atoms with Gasteiger partial charge in [-0.25, -0.2) is 4.79 Å². The van der Waals surface area contributed by atoms with Crippen LogP contribution in [-0.2, 0) is 9.53 Å². The Morgan fingerprint density at radius 1 is 1.43 bits per heavy atom. The minimum absolute atomic E-state index is 0.0206. The van der Waals surface area contributed by atoms with Crippen molar-refractivity contribution in [3.63, 3.8) is 0 Å². The lowest BCUT2D eigenvalue weighted by Gasteiger charge is -2.23. The van der Waals surface area contributed by atoms with Crippen molar-refractivity contribution in [2.24, 2.45) is 0 Å². The van der Waals surface area contributed by atoms with Crippen molar-refractivity contribution in [3.8, 4) is 0 Å². The van der Waals surface area contributed by atoms with Crippen LogP contribution < -0.4 is 10.6 Å². The highest BCUT2D eigenvalue weighted by Crippen LogP contribution is 2.31. The maximum Gasteiger partial charge on any atom is 0.337 e. The predicted molar refractivity (Wildman–Crippen MR) is 84.7 cm³/mol. The van der Waals surface area contributed by atoms with Crippen LogP contribution in [0.3, 0.4) is 0 Å². The molecule has 2 rings (SSSR count). The van der Waals surface area contributed by atoms with Gasteiger partial charge in [-0.3, -0.25) is 4.79 Å². The molecule has 1 saturated heterocycles. The number of anilines is 1. The molecule has 21 heavy (non-hydrogen) atoms. The zero-order valence-corrected chi connectivity index (χ0v) is 14.2. The molecule has 1 atom stereocenters. The number of benzene rings is 1. The molecule has 1 aliphatic rings. The summed E-state index contributed by atoms with van der Waals surface area (Å²) in [6.07, 6.45) is -0.0181. The Bertz CT molecular complexity index is 559. The van der Waals surface area contributed by atoms with Crippen LogP contribution >= 0.6 is 31.9 Å². The second-order valence-corrected chi connectivity index (χ2v) is 6.33. The van der Waals surface area contributed by atoms with Crippen LogP contribution in [0, 0.1) is 0 Å². The van der Waals surface area contributed by atoms with Crippen LogP contribution in [-0.4, -0.2) is 42.8 Å². The molecule has 0 aromatic heterocycles. The van der Waals surface area contributed by atoms with Gasteiger partial charge in [-0.1, -0.05) is 15.9 Å². The van der Waals surface area contributed by atoms with Gasteiger partial charge in [0.15, 0.2) is 0 Å². The predicted octanol–water partition coefficient (Wildman–Crippen LogP) is 2.23. The van der Waals surface area contributed by atoms with Gasteiger partial charge in [0.25, 0.3) is 0 Å². The Hall–Kier alpha value is -0.960. The highest BCUT2D eigenvalue weighted by Gasteiger charge is 2.21. The van der Waals surface area contributed by atoms with Crippen molar-refractivity contribution >= 4 is 49.4 Å². The number of rotatable bonds is 4. The van der Waals surface area contributed by atoms with E-state index < -0.39 is 5.97 Å². The first-order valence-corrected chi connectivity index (χ1v) is 7.90. The lowest BCUT2D eigenvalue weighted by atomic mass is 10.1. The Morgan fingerprint density at radius 3 is 2.81 bits per heavy atom. The van der Waals surface area contributed by atoms with E-state index in [0.29, 0.717) is 22.1 Å². The van der Waals surface area contributed by atoms with Crippen molar-refractivity contribution in [2.75, 3.05) is 25.0 Å². The van der Waals surface area contributed by atoms with Crippen LogP contribution in [0.2, 0.25) is 0 Å². The number of halogens is 2. The van der Waals surface area contributed by atoms with Gasteiger partial charge < -0.3 is 20.5 Å². The van der Waals surface area contributed by atoms with Crippen molar-refractivity contribution in [1.82, 2.24) is 5.32 Å². The average Bonchev–Trinajstić information content (AvgIpc) is 2.42. The zero-order valence-electron chi connectivity index (χ0n) is 11.0. The molecule has 1 amide bonds. The number of carbonyl (C=O) groups is 2. The molecule has 114 valence electrons. The number of nitrogens with one attached hydrogen (secondary N) is 2. The largest absolute Gasteiger partial charge is 0.478 e. The van der Waals surface area contributed by atoms with E-state index >= 15 is 0 Å². The van der Waals surface area contributed by atoms with E-state index in [9.17, 15) is 14.7 Å². The molecule has 3 N–H and O–H groups in total. The summed E-state index contributed by atoms with van der Waals surface area (Å²) in [4.78, 5) is 23.3. The molecule has 0 saturated carbocycles. The second kappa shape index (κ2) is 7.35. The van der Waals surface area contributed by atoms with Crippen molar-refractivity contribution in [3.05, 3.63) is 26.6 Å². The minimum atomic E-state index is -1.11. The molecule has 0 spiro atoms. The molecule has 0 aliphatic carbocycles. The van der Waals surface area contributed by atoms with Crippen molar-refractivity contribution in [1.29, 1.82) is 0 Å². The summed E-state index contributed by atoms with van der Waals surface area (Å²) in [5, 5.41) is 15.0. The number of morpholine rings is 1. The molecule has 1 aromatic carbocycles. The van der Waals surface area contributed by atoms with Crippen LogP contribution in [0.15, 0.2) is 21.1 Å². The third-order valence-electron chi connectivity index (χ3n) is 2.97. The van der Waals surface area contributed by atoms with E-state index in [1.807, 2.05) is 0 Å². The van der Waals surface area contributed by atoms with E-state index in [-0.39, 0.29) is 29.7 Å². The number of amides is 1. The molecule has 0 radical (unpaired) electrons. The lowest BCUT2D eigenvalue weighted by Crippen LogP contribution is -2.40. The van der Waals surface area contributed by atoms with E-state index in [2.05, 4.69) is 42.5 Å². The molecule has 0 bridgehead atoms. The average molecular weight is 422 g/mol. The van der Waals surface area contributed by atoms with Gasteiger partial charge in [-0.05, 0) is 28.1 Å². The van der Waals surface area contributed by atoms with Gasteiger partial charge in [0.2, 0.25) is 5.91 Å². The monoisotopic (exact) mass is 420 g/mol. The summed E-state index contributed by atoms with van der Waals surface area (Å²) in [7, 11) is 0. The van der Waals surface area contributed by atoms with E-state index in [4.69, 9.17) is 4.74 Å². The van der Waals surface area contributed by atoms with Crippen LogP contribution in [0.1, 0.15) is 16.8 Å². The molecule has 1 heterocycles. The molecule has 1 aliphatic heterocycles. The number of ether oxygens (including phenoxy) is 1. The van der Waals surface area contributed by atoms with Crippen molar-refractivity contribution in [2.45, 2.75) is 12.5 Å². The Balaban J connectivity index is 2.11. The summed E-state index contributed by atoms with van der Waals surface area (Å²) >= 11 is 6.50. The number of hydrogen-bond donors (Lipinski definition) is 3. The first-order valence-electron chi connectivity index (χ1n) is 6.32. The third-order valence-corrected chi connectivity index (χ3v) is 4.05. The van der Waals surface area contributed by atoms with E-state index in [1.165, 1.54) is 6.07 Å². The first kappa shape index (κ1) is 16.4. The number of carbonyl (C=O) groups excluding carboxylic acids is 1. The smallest absolute Gasteiger partial charge is 0.337 e. The minimum Gasteiger partial charge on any atom is -0.478 e. The number of carboxylic acid groups (broad SMARTS) is 1. The van der Waals surface area contributed by atoms with Gasteiger partial charge >= 0.3 is 5.97 Å². The topological polar surface area (TPSA) is 87.7 Å². The summed E-state index contributed by atoms with van der Waals surface area (Å²) in [5.74, 6) is -1.39. The summed E-state index contributed by atoms with van der Waals surface area (Å²) in [5.41, 5.74) is 0.270. The molecule has 8 heteroatoms. The lowest BCUT2D eigenvalue weighted by molar-refractivity contribution is -0.119. The van der Waals surface area contributed by atoms with Gasteiger partial charge in [-0.15, -0.1) is 0 Å². The van der Waals surface area contributed by atoms with Gasteiger partial charge in [0.05, 0.1) is 30.4 Å². The van der Waals surface area contributed by atoms with Crippen LogP contribution in [0.4, 0.5) is 5.69 Å². The molecule has 1 fully saturated rings.